The molecule has 0 atom stereocenters. The summed E-state index contributed by atoms with van der Waals surface area (Å²) in [5.74, 6) is 0. The van der Waals surface area contributed by atoms with Crippen LogP contribution in [0.1, 0.15) is 58.2 Å². The van der Waals surface area contributed by atoms with Gasteiger partial charge in [-0.25, -0.2) is 19.2 Å². The number of nitrogens with one attached hydrogen (secondary N) is 6. The molecule has 0 spiro atoms. The van der Waals surface area contributed by atoms with Crippen LogP contribution in [0.4, 0.5) is 36.2 Å². The Hall–Kier alpha value is -5.21. The van der Waals surface area contributed by atoms with Crippen molar-refractivity contribution in [3.8, 4) is 0 Å². The average Bonchev–Trinajstić information content (AvgIpc) is 3.02. The largest absolute Gasteiger partial charge is 0.444 e. The highest BCUT2D eigenvalue weighted by molar-refractivity contribution is 5.89. The molecule has 0 fully saturated rings. The Balaban J connectivity index is 0.000000729. The van der Waals surface area contributed by atoms with Gasteiger partial charge in [-0.05, 0) is 94.6 Å². The average molecular weight is 717 g/mol. The number of amides is 6. The molecule has 3 aromatic carbocycles. The first-order valence-electron chi connectivity index (χ1n) is 15.6. The second kappa shape index (κ2) is 22.4. The first-order chi connectivity index (χ1) is 22.9. The zero-order chi connectivity index (χ0) is 37.0. The van der Waals surface area contributed by atoms with Crippen molar-refractivity contribution in [3.63, 3.8) is 0 Å². The van der Waals surface area contributed by atoms with Crippen LogP contribution in [0.2, 0.25) is 0 Å². The highest BCUT2D eigenvalue weighted by Gasteiger charge is 2.16. The van der Waals surface area contributed by atoms with Gasteiger partial charge in [0, 0.05) is 50.8 Å². The summed E-state index contributed by atoms with van der Waals surface area (Å²) in [5, 5.41) is 15.6. The molecule has 0 radical (unpaired) electrons. The third-order valence-electron chi connectivity index (χ3n) is 5.68. The van der Waals surface area contributed by atoms with Gasteiger partial charge in [0.05, 0.1) is 0 Å². The van der Waals surface area contributed by atoms with Crippen LogP contribution in [-0.4, -0.2) is 49.5 Å². The van der Waals surface area contributed by atoms with Crippen LogP contribution in [0.3, 0.4) is 0 Å². The quantitative estimate of drug-likeness (QED) is 0.134. The second-order valence-corrected chi connectivity index (χ2v) is 12.5. The Morgan fingerprint density at radius 1 is 0.620 bits per heavy atom. The number of rotatable bonds is 7. The molecule has 0 aliphatic carbocycles. The molecule has 50 heavy (non-hydrogen) atoms. The maximum Gasteiger partial charge on any atom is 0.407 e. The predicted octanol–water partition coefficient (Wildman–Crippen LogP) is 6.07. The molecule has 3 aromatic rings. The number of ether oxygens (including phenoxy) is 2. The fraction of sp³-hybridized carbons (Fsp3) is 0.371. The second-order valence-electron chi connectivity index (χ2n) is 12.5. The van der Waals surface area contributed by atoms with Gasteiger partial charge in [-0.2, -0.15) is 0 Å². The molecule has 0 unspecified atom stereocenters. The molecule has 15 heteroatoms. The number of benzene rings is 3. The topological polar surface area (TPSA) is 211 Å². The Morgan fingerprint density at radius 3 is 1.38 bits per heavy atom. The lowest BCUT2D eigenvalue weighted by Gasteiger charge is -2.19. The van der Waals surface area contributed by atoms with Crippen molar-refractivity contribution in [1.29, 1.82) is 0 Å². The first-order valence-corrected chi connectivity index (χ1v) is 15.6. The van der Waals surface area contributed by atoms with Crippen molar-refractivity contribution in [2.45, 2.75) is 72.4 Å². The number of nitrogens with two attached hydrogens (primary N) is 2. The van der Waals surface area contributed by atoms with Gasteiger partial charge in [-0.1, -0.05) is 36.4 Å². The lowest BCUT2D eigenvalue weighted by atomic mass is 10.2. The van der Waals surface area contributed by atoms with Crippen LogP contribution in [0, 0.1) is 0 Å². The lowest BCUT2D eigenvalue weighted by Crippen LogP contribution is -2.32. The lowest BCUT2D eigenvalue weighted by molar-refractivity contribution is 0.0512. The van der Waals surface area contributed by atoms with E-state index in [1.54, 1.807) is 59.1 Å². The van der Waals surface area contributed by atoms with Crippen molar-refractivity contribution in [3.05, 3.63) is 89.5 Å². The summed E-state index contributed by atoms with van der Waals surface area (Å²) in [4.78, 5) is 45.0. The molecule has 0 aliphatic heterocycles. The van der Waals surface area contributed by atoms with Crippen LogP contribution in [0.15, 0.2) is 72.8 Å². The highest BCUT2D eigenvalue weighted by atomic mass is 35.5. The smallest absolute Gasteiger partial charge is 0.407 e. The van der Waals surface area contributed by atoms with E-state index >= 15 is 0 Å². The molecular formula is C35H53ClN8O6. The standard InChI is InChI=1S/C14H21N3O3.C12H18N2O2.C9H13N3O.ClH/c1-14(2,3)20-13(19)16-9-10-6-5-7-11(8-10)17-12(18)15-4;1-12(2,3)16-11(15)14-8-9-5-4-6-10(13)7-9;1-11-9(13)12-8-4-2-3-7(5-8)6-10;/h5-8H,9H2,1-4H3,(H,16,19)(H2,15,17,18);4-7H,8,13H2,1-3H3,(H,14,15);2-5H,6,10H2,1H3,(H2,11,12,13);1H. The molecule has 0 aliphatic rings. The number of halogens is 1. The van der Waals surface area contributed by atoms with Gasteiger partial charge in [-0.15, -0.1) is 12.4 Å². The van der Waals surface area contributed by atoms with Gasteiger partial charge < -0.3 is 52.8 Å². The number of carbonyl (C=O) groups excluding carboxylic acids is 4. The van der Waals surface area contributed by atoms with Crippen LogP contribution >= 0.6 is 12.4 Å². The van der Waals surface area contributed by atoms with Gasteiger partial charge >= 0.3 is 24.2 Å². The summed E-state index contributed by atoms with van der Waals surface area (Å²) < 4.78 is 10.3. The number of anilines is 3. The van der Waals surface area contributed by atoms with E-state index in [1.807, 2.05) is 69.3 Å². The van der Waals surface area contributed by atoms with Gasteiger partial charge in [0.1, 0.15) is 11.2 Å². The maximum absolute atomic E-state index is 11.5. The number of hydrogen-bond donors (Lipinski definition) is 8. The molecule has 276 valence electrons. The Labute approximate surface area is 301 Å². The summed E-state index contributed by atoms with van der Waals surface area (Å²) in [6.45, 7) is 12.1. The van der Waals surface area contributed by atoms with E-state index < -0.39 is 23.4 Å². The van der Waals surface area contributed by atoms with Crippen molar-refractivity contribution < 1.29 is 28.7 Å². The summed E-state index contributed by atoms with van der Waals surface area (Å²) in [5.41, 5.74) is 15.0. The minimum absolute atomic E-state index is 0. The minimum atomic E-state index is -0.521. The zero-order valence-corrected chi connectivity index (χ0v) is 30.9. The molecule has 14 nitrogen and oxygen atoms in total. The van der Waals surface area contributed by atoms with Gasteiger partial charge in [0.2, 0.25) is 0 Å². The fourth-order valence-electron chi connectivity index (χ4n) is 3.60. The monoisotopic (exact) mass is 716 g/mol. The van der Waals surface area contributed by atoms with Crippen LogP contribution in [0.25, 0.3) is 0 Å². The van der Waals surface area contributed by atoms with E-state index in [4.69, 9.17) is 20.9 Å². The Bertz CT molecular complexity index is 1510. The van der Waals surface area contributed by atoms with Gasteiger partial charge in [0.15, 0.2) is 0 Å². The molecule has 0 aromatic heterocycles. The van der Waals surface area contributed by atoms with Crippen molar-refractivity contribution >= 4 is 53.7 Å². The van der Waals surface area contributed by atoms with Crippen molar-refractivity contribution in [2.24, 2.45) is 5.73 Å². The van der Waals surface area contributed by atoms with Crippen LogP contribution in [0.5, 0.6) is 0 Å². The van der Waals surface area contributed by atoms with Crippen molar-refractivity contribution in [2.75, 3.05) is 30.5 Å². The van der Waals surface area contributed by atoms with E-state index in [-0.39, 0.29) is 24.5 Å². The fourth-order valence-corrected chi connectivity index (χ4v) is 3.60. The van der Waals surface area contributed by atoms with Crippen LogP contribution < -0.4 is 43.4 Å². The zero-order valence-electron chi connectivity index (χ0n) is 30.1. The van der Waals surface area contributed by atoms with E-state index in [0.717, 1.165) is 22.4 Å². The number of alkyl carbamates (subject to hydrolysis) is 2. The normalized spacial score (nSPS) is 10.2. The Morgan fingerprint density at radius 2 is 1.00 bits per heavy atom. The third-order valence-corrected chi connectivity index (χ3v) is 5.68. The maximum atomic E-state index is 11.5. The predicted molar refractivity (Wildman–Crippen MR) is 201 cm³/mol. The van der Waals surface area contributed by atoms with E-state index in [9.17, 15) is 19.2 Å². The molecule has 6 amide bonds. The summed E-state index contributed by atoms with van der Waals surface area (Å²) in [6, 6.07) is 21.5. The number of nitrogen functional groups attached to an aromatic ring is 1. The SMILES string of the molecule is CC(C)(C)OC(=O)NCc1cccc(N)c1.CNC(=O)Nc1cccc(CN)c1.CNC(=O)Nc1cccc(CNC(=O)OC(C)(C)C)c1.Cl. The molecule has 0 saturated carbocycles. The summed E-state index contributed by atoms with van der Waals surface area (Å²) >= 11 is 0. The highest BCUT2D eigenvalue weighted by Crippen LogP contribution is 2.12. The molecule has 0 heterocycles. The van der Waals surface area contributed by atoms with Gasteiger partial charge in [0.25, 0.3) is 0 Å². The summed E-state index contributed by atoms with van der Waals surface area (Å²) in [7, 11) is 3.12. The number of hydrogen-bond acceptors (Lipinski definition) is 8. The van der Waals surface area contributed by atoms with E-state index in [1.165, 1.54) is 0 Å². The Kier molecular flexibility index (Phi) is 20.1. The van der Waals surface area contributed by atoms with E-state index in [2.05, 4.69) is 31.9 Å². The number of urea groups is 2. The molecule has 0 saturated heterocycles. The third kappa shape index (κ3) is 21.6. The summed E-state index contributed by atoms with van der Waals surface area (Å²) in [6.07, 6.45) is -0.892. The van der Waals surface area contributed by atoms with Crippen molar-refractivity contribution in [1.82, 2.24) is 21.3 Å². The molecule has 10 N–H and O–H groups in total. The molecular weight excluding hydrogens is 664 g/mol. The first kappa shape index (κ1) is 44.8. The van der Waals surface area contributed by atoms with E-state index in [0.29, 0.717) is 31.0 Å². The minimum Gasteiger partial charge on any atom is -0.444 e. The molecule has 3 rings (SSSR count). The van der Waals surface area contributed by atoms with Gasteiger partial charge in [-0.3, -0.25) is 0 Å². The number of carbonyl (C=O) groups is 4. The van der Waals surface area contributed by atoms with Crippen LogP contribution in [-0.2, 0) is 29.1 Å². The molecule has 0 bridgehead atoms.